The van der Waals surface area contributed by atoms with E-state index >= 15 is 0 Å². The van der Waals surface area contributed by atoms with E-state index in [-0.39, 0.29) is 34.8 Å². The van der Waals surface area contributed by atoms with E-state index in [1.165, 1.54) is 0 Å². The van der Waals surface area contributed by atoms with Crippen molar-refractivity contribution in [2.45, 2.75) is 80.4 Å². The van der Waals surface area contributed by atoms with Crippen LogP contribution in [0.4, 0.5) is 0 Å². The van der Waals surface area contributed by atoms with E-state index in [9.17, 15) is 0 Å². The summed E-state index contributed by atoms with van der Waals surface area (Å²) in [7, 11) is 0. The predicted octanol–water partition coefficient (Wildman–Crippen LogP) is 5.84. The standard InChI is InChI=1S/C22H38O8/c1-15(2)13-23-25-17-11-12-18(26-29-21(5,6)7)20(28-30-22(8,9)10)19(17)27-24-14-16(3)4/h11-12,15-16H,13-14H2,1-10H3. The topological polar surface area (TPSA) is 73.8 Å². The molecule has 8 nitrogen and oxygen atoms in total. The molecule has 0 atom stereocenters. The summed E-state index contributed by atoms with van der Waals surface area (Å²) in [4.78, 5) is 43.6. The Kier molecular flexibility index (Phi) is 10.2. The van der Waals surface area contributed by atoms with Crippen LogP contribution in [0.5, 0.6) is 23.0 Å². The number of hydrogen-bond donors (Lipinski definition) is 0. The largest absolute Gasteiger partial charge is 0.333 e. The van der Waals surface area contributed by atoms with E-state index < -0.39 is 11.2 Å². The van der Waals surface area contributed by atoms with Crippen LogP contribution in [0.15, 0.2) is 12.1 Å². The fraction of sp³-hybridized carbons (Fsp3) is 0.727. The fourth-order valence-electron chi connectivity index (χ4n) is 1.61. The first-order chi connectivity index (χ1) is 13.8. The maximum atomic E-state index is 5.58. The van der Waals surface area contributed by atoms with Crippen molar-refractivity contribution in [3.05, 3.63) is 12.1 Å². The molecule has 0 aromatic heterocycles. The molecule has 0 saturated heterocycles. The molecule has 0 fully saturated rings. The highest BCUT2D eigenvalue weighted by Crippen LogP contribution is 2.46. The third kappa shape index (κ3) is 10.9. The quantitative estimate of drug-likeness (QED) is 0.303. The zero-order valence-electron chi connectivity index (χ0n) is 20.0. The van der Waals surface area contributed by atoms with Gasteiger partial charge in [-0.1, -0.05) is 27.7 Å². The first kappa shape index (κ1) is 26.3. The first-order valence-electron chi connectivity index (χ1n) is 10.3. The summed E-state index contributed by atoms with van der Waals surface area (Å²) in [6.07, 6.45) is 0. The van der Waals surface area contributed by atoms with Crippen molar-refractivity contribution in [1.29, 1.82) is 0 Å². The van der Waals surface area contributed by atoms with E-state index in [4.69, 9.17) is 39.1 Å². The van der Waals surface area contributed by atoms with Crippen molar-refractivity contribution in [2.24, 2.45) is 11.8 Å². The van der Waals surface area contributed by atoms with Crippen LogP contribution in [0.25, 0.3) is 0 Å². The molecule has 1 aromatic rings. The maximum Gasteiger partial charge on any atom is 0.261 e. The molecule has 0 heterocycles. The van der Waals surface area contributed by atoms with Gasteiger partial charge in [0.2, 0.25) is 11.5 Å². The van der Waals surface area contributed by atoms with Gasteiger partial charge in [0.1, 0.15) is 11.2 Å². The zero-order chi connectivity index (χ0) is 22.9. The van der Waals surface area contributed by atoms with Gasteiger partial charge in [0, 0.05) is 0 Å². The van der Waals surface area contributed by atoms with Gasteiger partial charge in [0.25, 0.3) is 11.5 Å². The Morgan fingerprint density at radius 3 is 1.47 bits per heavy atom. The Bertz CT molecular complexity index is 629. The van der Waals surface area contributed by atoms with Gasteiger partial charge in [-0.2, -0.15) is 19.6 Å². The van der Waals surface area contributed by atoms with Crippen LogP contribution in [0.2, 0.25) is 0 Å². The Morgan fingerprint density at radius 1 is 0.600 bits per heavy atom. The van der Waals surface area contributed by atoms with Gasteiger partial charge in [-0.05, 0) is 65.5 Å². The minimum Gasteiger partial charge on any atom is -0.333 e. The van der Waals surface area contributed by atoms with Crippen LogP contribution in [0.3, 0.4) is 0 Å². The summed E-state index contributed by atoms with van der Waals surface area (Å²) < 4.78 is 0. The lowest BCUT2D eigenvalue weighted by Crippen LogP contribution is -2.23. The van der Waals surface area contributed by atoms with Crippen molar-refractivity contribution < 1.29 is 39.1 Å². The van der Waals surface area contributed by atoms with Crippen LogP contribution >= 0.6 is 0 Å². The average Bonchev–Trinajstić information content (AvgIpc) is 2.57. The molecular weight excluding hydrogens is 392 g/mol. The molecule has 0 aliphatic rings. The van der Waals surface area contributed by atoms with Crippen molar-refractivity contribution in [1.82, 2.24) is 0 Å². The lowest BCUT2D eigenvalue weighted by Gasteiger charge is -2.23. The van der Waals surface area contributed by atoms with Crippen LogP contribution in [0.1, 0.15) is 69.2 Å². The van der Waals surface area contributed by atoms with Gasteiger partial charge in [-0.3, -0.25) is 0 Å². The third-order valence-electron chi connectivity index (χ3n) is 2.89. The molecule has 30 heavy (non-hydrogen) atoms. The Hall–Kier alpha value is -1.74. The summed E-state index contributed by atoms with van der Waals surface area (Å²) >= 11 is 0. The van der Waals surface area contributed by atoms with E-state index in [1.54, 1.807) is 12.1 Å². The van der Waals surface area contributed by atoms with Crippen LogP contribution in [0, 0.1) is 11.8 Å². The van der Waals surface area contributed by atoms with E-state index in [1.807, 2.05) is 69.2 Å². The van der Waals surface area contributed by atoms with Crippen molar-refractivity contribution in [3.8, 4) is 23.0 Å². The summed E-state index contributed by atoms with van der Waals surface area (Å²) in [5.41, 5.74) is -1.14. The van der Waals surface area contributed by atoms with Gasteiger partial charge < -0.3 is 19.6 Å². The Balaban J connectivity index is 3.24. The SMILES string of the molecule is CC(C)COOc1ccc(OOC(C)(C)C)c(OOC(C)(C)C)c1OOCC(C)C. The monoisotopic (exact) mass is 430 g/mol. The van der Waals surface area contributed by atoms with Crippen molar-refractivity contribution >= 4 is 0 Å². The third-order valence-corrected chi connectivity index (χ3v) is 2.89. The van der Waals surface area contributed by atoms with Crippen molar-refractivity contribution in [3.63, 3.8) is 0 Å². The minimum atomic E-state index is -0.594. The molecule has 8 heteroatoms. The second-order valence-electron chi connectivity index (χ2n) is 9.80. The summed E-state index contributed by atoms with van der Waals surface area (Å²) in [6, 6.07) is 3.22. The van der Waals surface area contributed by atoms with Gasteiger partial charge in [-0.15, -0.1) is 0 Å². The molecule has 1 rings (SSSR count). The summed E-state index contributed by atoms with van der Waals surface area (Å²) in [5, 5.41) is 0. The molecule has 0 bridgehead atoms. The Morgan fingerprint density at radius 2 is 1.00 bits per heavy atom. The molecule has 0 radical (unpaired) electrons. The number of hydrogen-bond acceptors (Lipinski definition) is 8. The van der Waals surface area contributed by atoms with Crippen LogP contribution in [-0.4, -0.2) is 24.4 Å². The normalized spacial score (nSPS) is 12.4. The number of benzene rings is 1. The lowest BCUT2D eigenvalue weighted by atomic mass is 10.2. The first-order valence-corrected chi connectivity index (χ1v) is 10.3. The van der Waals surface area contributed by atoms with E-state index in [0.29, 0.717) is 13.2 Å². The molecular formula is C22H38O8. The van der Waals surface area contributed by atoms with Gasteiger partial charge in [-0.25, -0.2) is 0 Å². The molecule has 0 N–H and O–H groups in total. The zero-order valence-corrected chi connectivity index (χ0v) is 20.0. The second kappa shape index (κ2) is 11.6. The van der Waals surface area contributed by atoms with Gasteiger partial charge in [0.05, 0.1) is 13.2 Å². The highest BCUT2D eigenvalue weighted by Gasteiger charge is 2.27. The molecule has 0 amide bonds. The summed E-state index contributed by atoms with van der Waals surface area (Å²) in [6.45, 7) is 19.9. The van der Waals surface area contributed by atoms with E-state index in [0.717, 1.165) is 0 Å². The predicted molar refractivity (Wildman–Crippen MR) is 112 cm³/mol. The second-order valence-corrected chi connectivity index (χ2v) is 9.80. The maximum absolute atomic E-state index is 5.58. The molecule has 0 saturated carbocycles. The Labute approximate surface area is 180 Å². The van der Waals surface area contributed by atoms with Gasteiger partial charge >= 0.3 is 0 Å². The molecule has 1 aromatic carbocycles. The summed E-state index contributed by atoms with van der Waals surface area (Å²) in [5.74, 6) is 1.23. The minimum absolute atomic E-state index is 0.101. The van der Waals surface area contributed by atoms with Gasteiger partial charge in [0.15, 0.2) is 0 Å². The number of rotatable bonds is 12. The van der Waals surface area contributed by atoms with E-state index in [2.05, 4.69) is 0 Å². The molecule has 174 valence electrons. The smallest absolute Gasteiger partial charge is 0.261 e. The highest BCUT2D eigenvalue weighted by atomic mass is 17.2. The lowest BCUT2D eigenvalue weighted by molar-refractivity contribution is -0.296. The molecule has 0 aliphatic carbocycles. The highest BCUT2D eigenvalue weighted by molar-refractivity contribution is 5.58. The molecule has 0 spiro atoms. The van der Waals surface area contributed by atoms with Crippen molar-refractivity contribution in [2.75, 3.05) is 13.2 Å². The van der Waals surface area contributed by atoms with Crippen LogP contribution < -0.4 is 19.6 Å². The fourth-order valence-corrected chi connectivity index (χ4v) is 1.61. The average molecular weight is 431 g/mol. The van der Waals surface area contributed by atoms with Crippen LogP contribution in [-0.2, 0) is 19.6 Å². The molecule has 0 aliphatic heterocycles. The molecule has 0 unspecified atom stereocenters.